The van der Waals surface area contributed by atoms with Crippen molar-refractivity contribution in [2.75, 3.05) is 0 Å². The van der Waals surface area contributed by atoms with Crippen molar-refractivity contribution in [1.82, 2.24) is 5.32 Å². The Balaban J connectivity index is 0.000000162. The van der Waals surface area contributed by atoms with E-state index in [1.165, 1.54) is 0 Å². The third-order valence-corrected chi connectivity index (χ3v) is 2.14. The largest absolute Gasteiger partial charge is 0.289 e. The topological polar surface area (TPSA) is 46.2 Å². The van der Waals surface area contributed by atoms with Gasteiger partial charge in [0.15, 0.2) is 0 Å². The van der Waals surface area contributed by atoms with Crippen LogP contribution in [0.5, 0.6) is 0 Å². The second kappa shape index (κ2) is 5.10. The molecule has 1 aliphatic rings. The molecule has 0 saturated heterocycles. The maximum atomic E-state index is 10.6. The van der Waals surface area contributed by atoms with Gasteiger partial charge in [-0.1, -0.05) is 36.4 Å². The summed E-state index contributed by atoms with van der Waals surface area (Å²) in [5.74, 6) is -0.532. The minimum atomic E-state index is -0.266. The van der Waals surface area contributed by atoms with Gasteiger partial charge in [-0.25, -0.2) is 0 Å². The summed E-state index contributed by atoms with van der Waals surface area (Å²) in [5, 5.41) is 2.16. The summed E-state index contributed by atoms with van der Waals surface area (Å²) in [6, 6.07) is 12.0. The first kappa shape index (κ1) is 11.2. The molecule has 0 radical (unpaired) electrons. The molecular formula is C12H13NO2. The Labute approximate surface area is 88.8 Å². The first-order valence-corrected chi connectivity index (χ1v) is 4.66. The molecule has 0 unspecified atom stereocenters. The zero-order chi connectivity index (χ0) is 11.3. The Morgan fingerprint density at radius 1 is 0.733 bits per heavy atom. The SMILES string of the molecule is CC1=C(C)C(=O)NC1=O.c1ccccc1. The molecule has 2 amide bonds. The van der Waals surface area contributed by atoms with Crippen molar-refractivity contribution in [3.63, 3.8) is 0 Å². The van der Waals surface area contributed by atoms with Crippen LogP contribution in [0, 0.1) is 0 Å². The summed E-state index contributed by atoms with van der Waals surface area (Å²) in [7, 11) is 0. The van der Waals surface area contributed by atoms with Crippen molar-refractivity contribution in [1.29, 1.82) is 0 Å². The molecule has 15 heavy (non-hydrogen) atoms. The molecular weight excluding hydrogens is 190 g/mol. The molecule has 3 heteroatoms. The minimum Gasteiger partial charge on any atom is -0.289 e. The predicted octanol–water partition coefficient (Wildman–Crippen LogP) is 1.67. The predicted molar refractivity (Wildman–Crippen MR) is 58.0 cm³/mol. The molecule has 1 aliphatic heterocycles. The molecule has 1 aromatic carbocycles. The van der Waals surface area contributed by atoms with Crippen molar-refractivity contribution in [2.45, 2.75) is 13.8 Å². The van der Waals surface area contributed by atoms with Crippen LogP contribution in [-0.2, 0) is 9.59 Å². The van der Waals surface area contributed by atoms with Crippen LogP contribution in [0.25, 0.3) is 0 Å². The maximum Gasteiger partial charge on any atom is 0.254 e. The van der Waals surface area contributed by atoms with Crippen LogP contribution < -0.4 is 5.32 Å². The van der Waals surface area contributed by atoms with Gasteiger partial charge in [-0.05, 0) is 13.8 Å². The number of carbonyl (C=O) groups excluding carboxylic acids is 2. The number of hydrogen-bond acceptors (Lipinski definition) is 2. The molecule has 0 bridgehead atoms. The molecule has 78 valence electrons. The van der Waals surface area contributed by atoms with Crippen LogP contribution in [0.2, 0.25) is 0 Å². The van der Waals surface area contributed by atoms with E-state index in [0.29, 0.717) is 11.1 Å². The Hall–Kier alpha value is -1.90. The van der Waals surface area contributed by atoms with Gasteiger partial charge >= 0.3 is 0 Å². The van der Waals surface area contributed by atoms with Crippen molar-refractivity contribution < 1.29 is 9.59 Å². The second-order valence-electron chi connectivity index (χ2n) is 3.19. The number of carbonyl (C=O) groups is 2. The van der Waals surface area contributed by atoms with Gasteiger partial charge < -0.3 is 0 Å². The molecule has 0 atom stereocenters. The van der Waals surface area contributed by atoms with Crippen LogP contribution in [0.4, 0.5) is 0 Å². The molecule has 3 nitrogen and oxygen atoms in total. The van der Waals surface area contributed by atoms with Gasteiger partial charge in [0.1, 0.15) is 0 Å². The fraction of sp³-hybridized carbons (Fsp3) is 0.167. The summed E-state index contributed by atoms with van der Waals surface area (Å²) in [4.78, 5) is 21.2. The van der Waals surface area contributed by atoms with E-state index >= 15 is 0 Å². The highest BCUT2D eigenvalue weighted by molar-refractivity contribution is 6.18. The highest BCUT2D eigenvalue weighted by Crippen LogP contribution is 2.09. The average Bonchev–Trinajstić information content (AvgIpc) is 2.49. The van der Waals surface area contributed by atoms with Crippen LogP contribution in [-0.4, -0.2) is 11.8 Å². The van der Waals surface area contributed by atoms with Crippen molar-refractivity contribution in [3.8, 4) is 0 Å². The quantitative estimate of drug-likeness (QED) is 0.652. The lowest BCUT2D eigenvalue weighted by molar-refractivity contribution is -0.124. The summed E-state index contributed by atoms with van der Waals surface area (Å²) < 4.78 is 0. The van der Waals surface area contributed by atoms with Gasteiger partial charge in [0.05, 0.1) is 0 Å². The number of hydrogen-bond donors (Lipinski definition) is 1. The average molecular weight is 203 g/mol. The molecule has 1 heterocycles. The van der Waals surface area contributed by atoms with E-state index in [0.717, 1.165) is 0 Å². The fourth-order valence-electron chi connectivity index (χ4n) is 1.02. The smallest absolute Gasteiger partial charge is 0.254 e. The molecule has 1 aromatic rings. The summed E-state index contributed by atoms with van der Waals surface area (Å²) >= 11 is 0. The van der Waals surface area contributed by atoms with Gasteiger partial charge in [0, 0.05) is 11.1 Å². The number of rotatable bonds is 0. The van der Waals surface area contributed by atoms with Crippen molar-refractivity contribution in [3.05, 3.63) is 47.5 Å². The molecule has 1 N–H and O–H groups in total. The molecule has 0 saturated carbocycles. The van der Waals surface area contributed by atoms with Crippen LogP contribution in [0.15, 0.2) is 47.5 Å². The third kappa shape index (κ3) is 3.06. The van der Waals surface area contributed by atoms with E-state index < -0.39 is 0 Å². The van der Waals surface area contributed by atoms with Gasteiger partial charge in [0.2, 0.25) is 0 Å². The fourth-order valence-corrected chi connectivity index (χ4v) is 1.02. The molecule has 0 aromatic heterocycles. The van der Waals surface area contributed by atoms with Crippen LogP contribution in [0.1, 0.15) is 13.8 Å². The third-order valence-electron chi connectivity index (χ3n) is 2.14. The zero-order valence-electron chi connectivity index (χ0n) is 8.78. The summed E-state index contributed by atoms with van der Waals surface area (Å²) in [5.41, 5.74) is 1.06. The lowest BCUT2D eigenvalue weighted by Gasteiger charge is -1.84. The number of nitrogens with one attached hydrogen (secondary N) is 1. The Morgan fingerprint density at radius 2 is 1.00 bits per heavy atom. The summed E-state index contributed by atoms with van der Waals surface area (Å²) in [6.45, 7) is 3.27. The number of imide groups is 1. The minimum absolute atomic E-state index is 0.266. The lowest BCUT2D eigenvalue weighted by Crippen LogP contribution is -2.22. The van der Waals surface area contributed by atoms with E-state index in [1.807, 2.05) is 36.4 Å². The van der Waals surface area contributed by atoms with E-state index in [1.54, 1.807) is 13.8 Å². The summed E-state index contributed by atoms with van der Waals surface area (Å²) in [6.07, 6.45) is 0. The van der Waals surface area contributed by atoms with E-state index in [4.69, 9.17) is 0 Å². The molecule has 0 spiro atoms. The van der Waals surface area contributed by atoms with Crippen molar-refractivity contribution in [2.24, 2.45) is 0 Å². The highest BCUT2D eigenvalue weighted by Gasteiger charge is 2.22. The first-order chi connectivity index (χ1) is 7.13. The van der Waals surface area contributed by atoms with Gasteiger partial charge in [-0.3, -0.25) is 14.9 Å². The Kier molecular flexibility index (Phi) is 3.80. The molecule has 0 fully saturated rings. The number of benzene rings is 1. The van der Waals surface area contributed by atoms with E-state index in [2.05, 4.69) is 5.32 Å². The van der Waals surface area contributed by atoms with Crippen molar-refractivity contribution >= 4 is 11.8 Å². The monoisotopic (exact) mass is 203 g/mol. The van der Waals surface area contributed by atoms with Crippen LogP contribution in [0.3, 0.4) is 0 Å². The Bertz CT molecular complexity index is 345. The maximum absolute atomic E-state index is 10.6. The van der Waals surface area contributed by atoms with E-state index in [9.17, 15) is 9.59 Å². The van der Waals surface area contributed by atoms with Crippen LogP contribution >= 0.6 is 0 Å². The van der Waals surface area contributed by atoms with Gasteiger partial charge in [-0.15, -0.1) is 0 Å². The second-order valence-corrected chi connectivity index (χ2v) is 3.19. The van der Waals surface area contributed by atoms with Gasteiger partial charge in [0.25, 0.3) is 11.8 Å². The number of amides is 2. The molecule has 0 aliphatic carbocycles. The standard InChI is InChI=1S/C6H7NO2.C6H6/c1-3-4(2)6(9)7-5(3)8;1-2-4-6-5-3-1/h1-2H3,(H,7,8,9);1-6H. The van der Waals surface area contributed by atoms with Gasteiger partial charge in [-0.2, -0.15) is 0 Å². The first-order valence-electron chi connectivity index (χ1n) is 4.66. The molecule has 2 rings (SSSR count). The highest BCUT2D eigenvalue weighted by atomic mass is 16.2. The lowest BCUT2D eigenvalue weighted by atomic mass is 10.2. The zero-order valence-corrected chi connectivity index (χ0v) is 8.78. The van der Waals surface area contributed by atoms with E-state index in [-0.39, 0.29) is 11.8 Å². The normalized spacial score (nSPS) is 14.5. The Morgan fingerprint density at radius 3 is 1.13 bits per heavy atom.